The van der Waals surface area contributed by atoms with Crippen LogP contribution in [-0.2, 0) is 11.3 Å². The van der Waals surface area contributed by atoms with Gasteiger partial charge in [-0.15, -0.1) is 0 Å². The number of rotatable bonds is 9. The van der Waals surface area contributed by atoms with Gasteiger partial charge in [0, 0.05) is 12.0 Å². The standard InChI is InChI=1S/C23H31NO3/c1-18-16-24-13-12-22(18)19-8-10-21(11-9-19)27-15-5-14-26-17-20-6-3-4-7-23(20)25-2/h3-4,6-11,18,22,24H,5,12-17H2,1-2H3/t18-,22+/m1/s1. The van der Waals surface area contributed by atoms with Crippen molar-refractivity contribution >= 4 is 0 Å². The molecule has 1 aliphatic heterocycles. The van der Waals surface area contributed by atoms with Gasteiger partial charge in [-0.1, -0.05) is 37.3 Å². The van der Waals surface area contributed by atoms with Gasteiger partial charge in [0.2, 0.25) is 0 Å². The van der Waals surface area contributed by atoms with Crippen molar-refractivity contribution in [1.82, 2.24) is 5.32 Å². The lowest BCUT2D eigenvalue weighted by Crippen LogP contribution is -2.33. The van der Waals surface area contributed by atoms with E-state index in [2.05, 4.69) is 36.5 Å². The molecule has 1 saturated heterocycles. The molecule has 0 bridgehead atoms. The van der Waals surface area contributed by atoms with E-state index >= 15 is 0 Å². The Hall–Kier alpha value is -2.04. The molecule has 3 rings (SSSR count). The number of benzene rings is 2. The fourth-order valence-corrected chi connectivity index (χ4v) is 3.68. The molecule has 1 N–H and O–H groups in total. The second kappa shape index (κ2) is 10.3. The minimum Gasteiger partial charge on any atom is -0.496 e. The SMILES string of the molecule is COc1ccccc1COCCCOc1ccc([C@H]2CCNC[C@H]2C)cc1. The van der Waals surface area contributed by atoms with Crippen LogP contribution in [0.4, 0.5) is 0 Å². The highest BCUT2D eigenvalue weighted by Crippen LogP contribution is 2.30. The predicted molar refractivity (Wildman–Crippen MR) is 109 cm³/mol. The molecule has 1 aliphatic rings. The van der Waals surface area contributed by atoms with Crippen molar-refractivity contribution in [3.63, 3.8) is 0 Å². The summed E-state index contributed by atoms with van der Waals surface area (Å²) in [4.78, 5) is 0. The lowest BCUT2D eigenvalue weighted by Gasteiger charge is -2.30. The van der Waals surface area contributed by atoms with Gasteiger partial charge in [-0.2, -0.15) is 0 Å². The second-order valence-corrected chi connectivity index (χ2v) is 7.21. The van der Waals surface area contributed by atoms with E-state index in [1.807, 2.05) is 24.3 Å². The first kappa shape index (κ1) is 19.7. The average Bonchev–Trinajstić information content (AvgIpc) is 2.72. The van der Waals surface area contributed by atoms with Crippen LogP contribution in [-0.4, -0.2) is 33.4 Å². The van der Waals surface area contributed by atoms with Gasteiger partial charge in [-0.05, 0) is 55.1 Å². The van der Waals surface area contributed by atoms with E-state index in [0.717, 1.165) is 36.6 Å². The van der Waals surface area contributed by atoms with Crippen molar-refractivity contribution < 1.29 is 14.2 Å². The summed E-state index contributed by atoms with van der Waals surface area (Å²) in [6, 6.07) is 16.6. The molecule has 0 aliphatic carbocycles. The van der Waals surface area contributed by atoms with Crippen molar-refractivity contribution in [2.75, 3.05) is 33.4 Å². The van der Waals surface area contributed by atoms with Gasteiger partial charge in [-0.3, -0.25) is 0 Å². The molecule has 4 nitrogen and oxygen atoms in total. The van der Waals surface area contributed by atoms with E-state index in [1.54, 1.807) is 7.11 Å². The Morgan fingerprint density at radius 1 is 1.04 bits per heavy atom. The third-order valence-electron chi connectivity index (χ3n) is 5.25. The van der Waals surface area contributed by atoms with Crippen LogP contribution in [0.3, 0.4) is 0 Å². The lowest BCUT2D eigenvalue weighted by molar-refractivity contribution is 0.105. The molecule has 0 spiro atoms. The van der Waals surface area contributed by atoms with Crippen LogP contribution in [0.25, 0.3) is 0 Å². The summed E-state index contributed by atoms with van der Waals surface area (Å²) in [6.07, 6.45) is 2.08. The molecule has 4 heteroatoms. The summed E-state index contributed by atoms with van der Waals surface area (Å²) in [5.41, 5.74) is 2.50. The number of piperidine rings is 1. The maximum atomic E-state index is 5.86. The molecular weight excluding hydrogens is 338 g/mol. The largest absolute Gasteiger partial charge is 0.496 e. The highest BCUT2D eigenvalue weighted by Gasteiger charge is 2.22. The van der Waals surface area contributed by atoms with Gasteiger partial charge in [0.05, 0.1) is 26.9 Å². The van der Waals surface area contributed by atoms with Crippen LogP contribution in [0.15, 0.2) is 48.5 Å². The first-order chi connectivity index (χ1) is 13.3. The van der Waals surface area contributed by atoms with Crippen molar-refractivity contribution in [3.05, 3.63) is 59.7 Å². The molecule has 0 unspecified atom stereocenters. The van der Waals surface area contributed by atoms with Gasteiger partial charge in [0.1, 0.15) is 11.5 Å². The summed E-state index contributed by atoms with van der Waals surface area (Å²) < 4.78 is 16.9. The molecule has 0 aromatic heterocycles. The normalized spacial score (nSPS) is 19.6. The molecule has 2 aromatic carbocycles. The Labute approximate surface area is 162 Å². The second-order valence-electron chi connectivity index (χ2n) is 7.21. The fourth-order valence-electron chi connectivity index (χ4n) is 3.68. The van der Waals surface area contributed by atoms with Crippen LogP contribution in [0.1, 0.15) is 36.8 Å². The summed E-state index contributed by atoms with van der Waals surface area (Å²) >= 11 is 0. The van der Waals surface area contributed by atoms with Crippen LogP contribution in [0.5, 0.6) is 11.5 Å². The van der Waals surface area contributed by atoms with Crippen LogP contribution >= 0.6 is 0 Å². The third-order valence-corrected chi connectivity index (χ3v) is 5.25. The smallest absolute Gasteiger partial charge is 0.124 e. The monoisotopic (exact) mass is 369 g/mol. The summed E-state index contributed by atoms with van der Waals surface area (Å²) in [5.74, 6) is 3.15. The lowest BCUT2D eigenvalue weighted by atomic mass is 9.82. The maximum absolute atomic E-state index is 5.86. The Bertz CT molecular complexity index is 686. The Morgan fingerprint density at radius 2 is 1.85 bits per heavy atom. The van der Waals surface area contributed by atoms with Gasteiger partial charge < -0.3 is 19.5 Å². The molecule has 0 amide bonds. The summed E-state index contributed by atoms with van der Waals surface area (Å²) in [6.45, 7) is 6.44. The zero-order chi connectivity index (χ0) is 18.9. The van der Waals surface area contributed by atoms with Crippen LogP contribution < -0.4 is 14.8 Å². The van der Waals surface area contributed by atoms with Crippen molar-refractivity contribution in [3.8, 4) is 11.5 Å². The summed E-state index contributed by atoms with van der Waals surface area (Å²) in [7, 11) is 1.68. The third kappa shape index (κ3) is 5.72. The summed E-state index contributed by atoms with van der Waals surface area (Å²) in [5, 5.41) is 3.46. The molecule has 146 valence electrons. The minimum absolute atomic E-state index is 0.563. The van der Waals surface area contributed by atoms with E-state index in [0.29, 0.717) is 31.7 Å². The number of ether oxygens (including phenoxy) is 3. The minimum atomic E-state index is 0.563. The Kier molecular flexibility index (Phi) is 7.55. The van der Waals surface area contributed by atoms with Crippen LogP contribution in [0.2, 0.25) is 0 Å². The molecule has 2 aromatic rings. The molecule has 1 fully saturated rings. The number of para-hydroxylation sites is 1. The van der Waals surface area contributed by atoms with E-state index < -0.39 is 0 Å². The van der Waals surface area contributed by atoms with Gasteiger partial charge in [0.15, 0.2) is 0 Å². The molecule has 0 saturated carbocycles. The zero-order valence-corrected chi connectivity index (χ0v) is 16.4. The topological polar surface area (TPSA) is 39.7 Å². The van der Waals surface area contributed by atoms with Crippen molar-refractivity contribution in [2.45, 2.75) is 32.3 Å². The maximum Gasteiger partial charge on any atom is 0.124 e. The van der Waals surface area contributed by atoms with E-state index in [1.165, 1.54) is 12.0 Å². The van der Waals surface area contributed by atoms with Crippen molar-refractivity contribution in [1.29, 1.82) is 0 Å². The van der Waals surface area contributed by atoms with Gasteiger partial charge in [0.25, 0.3) is 0 Å². The van der Waals surface area contributed by atoms with E-state index in [4.69, 9.17) is 14.2 Å². The van der Waals surface area contributed by atoms with Gasteiger partial charge in [-0.25, -0.2) is 0 Å². The Balaban J connectivity index is 1.35. The first-order valence-electron chi connectivity index (χ1n) is 9.91. The average molecular weight is 370 g/mol. The molecule has 2 atom stereocenters. The van der Waals surface area contributed by atoms with Gasteiger partial charge >= 0.3 is 0 Å². The molecular formula is C23H31NO3. The first-order valence-corrected chi connectivity index (χ1v) is 9.91. The number of hydrogen-bond donors (Lipinski definition) is 1. The molecule has 0 radical (unpaired) electrons. The Morgan fingerprint density at radius 3 is 2.63 bits per heavy atom. The van der Waals surface area contributed by atoms with Crippen molar-refractivity contribution in [2.24, 2.45) is 5.92 Å². The highest BCUT2D eigenvalue weighted by atomic mass is 16.5. The number of methoxy groups -OCH3 is 1. The fraction of sp³-hybridized carbons (Fsp3) is 0.478. The number of nitrogens with one attached hydrogen (secondary N) is 1. The molecule has 1 heterocycles. The predicted octanol–water partition coefficient (Wildman–Crippen LogP) is 4.39. The zero-order valence-electron chi connectivity index (χ0n) is 16.4. The quantitative estimate of drug-likeness (QED) is 0.665. The highest BCUT2D eigenvalue weighted by molar-refractivity contribution is 5.32. The van der Waals surface area contributed by atoms with E-state index in [9.17, 15) is 0 Å². The van der Waals surface area contributed by atoms with E-state index in [-0.39, 0.29) is 0 Å². The van der Waals surface area contributed by atoms with Crippen LogP contribution in [0, 0.1) is 5.92 Å². The number of hydrogen-bond acceptors (Lipinski definition) is 4. The molecule has 27 heavy (non-hydrogen) atoms.